The van der Waals surface area contributed by atoms with Crippen molar-refractivity contribution >= 4 is 17.7 Å². The highest BCUT2D eigenvalue weighted by Crippen LogP contribution is 2.24. The number of aryl methyl sites for hydroxylation is 1. The second-order valence-electron chi connectivity index (χ2n) is 5.39. The number of carbonyl (C=O) groups is 1. The van der Waals surface area contributed by atoms with Crippen LogP contribution in [0.25, 0.3) is 0 Å². The van der Waals surface area contributed by atoms with Gasteiger partial charge in [-0.25, -0.2) is 4.98 Å². The van der Waals surface area contributed by atoms with Crippen LogP contribution in [-0.2, 0) is 15.2 Å². The minimum absolute atomic E-state index is 0.00594. The molecule has 1 aliphatic heterocycles. The van der Waals surface area contributed by atoms with E-state index in [0.29, 0.717) is 29.5 Å². The molecule has 0 radical (unpaired) electrons. The molecular formula is C16H19N3O4S. The van der Waals surface area contributed by atoms with E-state index in [4.69, 9.17) is 14.0 Å². The molecule has 8 heteroatoms. The van der Waals surface area contributed by atoms with Crippen LogP contribution in [0.2, 0.25) is 0 Å². The van der Waals surface area contributed by atoms with E-state index in [9.17, 15) is 4.79 Å². The Hall–Kier alpha value is -1.90. The predicted octanol–water partition coefficient (Wildman–Crippen LogP) is 2.16. The van der Waals surface area contributed by atoms with E-state index in [2.05, 4.69) is 15.5 Å². The van der Waals surface area contributed by atoms with Gasteiger partial charge in [-0.2, -0.15) is 0 Å². The van der Waals surface area contributed by atoms with E-state index in [-0.39, 0.29) is 18.8 Å². The van der Waals surface area contributed by atoms with Gasteiger partial charge in [0.05, 0.1) is 24.0 Å². The summed E-state index contributed by atoms with van der Waals surface area (Å²) in [6.45, 7) is 3.25. The fourth-order valence-corrected chi connectivity index (χ4v) is 3.14. The number of nitrogens with zero attached hydrogens (tertiary/aromatic N) is 2. The van der Waals surface area contributed by atoms with Gasteiger partial charge in [-0.3, -0.25) is 4.79 Å². The molecule has 7 nitrogen and oxygen atoms in total. The third kappa shape index (κ3) is 4.56. The van der Waals surface area contributed by atoms with Crippen LogP contribution in [-0.4, -0.2) is 42.1 Å². The summed E-state index contributed by atoms with van der Waals surface area (Å²) in [6, 6.07) is 5.39. The zero-order valence-electron chi connectivity index (χ0n) is 13.4. The van der Waals surface area contributed by atoms with E-state index in [1.165, 1.54) is 11.8 Å². The topological polar surface area (TPSA) is 86.5 Å². The van der Waals surface area contributed by atoms with Crippen molar-refractivity contribution in [3.63, 3.8) is 0 Å². The SMILES string of the molecule is Cc1cc(CSc2ncccc2C(=O)NC[C@H]2CCOCO2)no1. The number of pyridine rings is 1. The summed E-state index contributed by atoms with van der Waals surface area (Å²) in [4.78, 5) is 16.7. The molecule has 1 amide bonds. The maximum absolute atomic E-state index is 12.4. The first-order valence-electron chi connectivity index (χ1n) is 7.70. The molecule has 0 saturated carbocycles. The highest BCUT2D eigenvalue weighted by molar-refractivity contribution is 7.98. The molecule has 1 aliphatic rings. The molecule has 0 bridgehead atoms. The molecule has 0 unspecified atom stereocenters. The lowest BCUT2D eigenvalue weighted by atomic mass is 10.2. The van der Waals surface area contributed by atoms with Crippen LogP contribution in [0.3, 0.4) is 0 Å². The van der Waals surface area contributed by atoms with Crippen LogP contribution in [0.1, 0.15) is 28.2 Å². The van der Waals surface area contributed by atoms with Gasteiger partial charge in [0.25, 0.3) is 5.91 Å². The van der Waals surface area contributed by atoms with Crippen molar-refractivity contribution in [2.75, 3.05) is 19.9 Å². The van der Waals surface area contributed by atoms with Gasteiger partial charge in [-0.15, -0.1) is 0 Å². The standard InChI is InChI=1S/C16H19N3O4S/c1-11-7-12(19-23-11)9-24-16-14(3-2-5-17-16)15(20)18-8-13-4-6-21-10-22-13/h2-3,5,7,13H,4,6,8-10H2,1H3,(H,18,20)/t13-/m1/s1. The van der Waals surface area contributed by atoms with Crippen molar-refractivity contribution in [2.45, 2.75) is 30.2 Å². The average Bonchev–Trinajstić information content (AvgIpc) is 3.04. The maximum atomic E-state index is 12.4. The summed E-state index contributed by atoms with van der Waals surface area (Å²) < 4.78 is 15.6. The Balaban J connectivity index is 1.58. The molecule has 1 fully saturated rings. The molecule has 1 atom stereocenters. The fourth-order valence-electron chi connectivity index (χ4n) is 2.27. The Morgan fingerprint density at radius 1 is 1.50 bits per heavy atom. The largest absolute Gasteiger partial charge is 0.361 e. The molecule has 1 N–H and O–H groups in total. The van der Waals surface area contributed by atoms with Gasteiger partial charge >= 0.3 is 0 Å². The number of ether oxygens (including phenoxy) is 2. The number of nitrogens with one attached hydrogen (secondary N) is 1. The van der Waals surface area contributed by atoms with Crippen LogP contribution in [0, 0.1) is 6.92 Å². The van der Waals surface area contributed by atoms with Crippen LogP contribution >= 0.6 is 11.8 Å². The summed E-state index contributed by atoms with van der Waals surface area (Å²) >= 11 is 1.46. The summed E-state index contributed by atoms with van der Waals surface area (Å²) in [5, 5.41) is 7.52. The van der Waals surface area contributed by atoms with Crippen molar-refractivity contribution in [1.82, 2.24) is 15.5 Å². The number of rotatable bonds is 6. The molecule has 128 valence electrons. The van der Waals surface area contributed by atoms with Crippen molar-refractivity contribution in [3.05, 3.63) is 41.4 Å². The number of aromatic nitrogens is 2. The van der Waals surface area contributed by atoms with Gasteiger partial charge in [0, 0.05) is 24.6 Å². The van der Waals surface area contributed by atoms with Gasteiger partial charge in [-0.05, 0) is 25.5 Å². The lowest BCUT2D eigenvalue weighted by Gasteiger charge is -2.23. The number of hydrogen-bond donors (Lipinski definition) is 1. The summed E-state index contributed by atoms with van der Waals surface area (Å²) in [5.41, 5.74) is 1.37. The van der Waals surface area contributed by atoms with Crippen molar-refractivity contribution in [1.29, 1.82) is 0 Å². The van der Waals surface area contributed by atoms with E-state index < -0.39 is 0 Å². The van der Waals surface area contributed by atoms with Gasteiger partial charge in [-0.1, -0.05) is 16.9 Å². The van der Waals surface area contributed by atoms with Crippen LogP contribution in [0.5, 0.6) is 0 Å². The molecule has 0 aliphatic carbocycles. The van der Waals surface area contributed by atoms with Gasteiger partial charge < -0.3 is 19.3 Å². The van der Waals surface area contributed by atoms with E-state index in [1.807, 2.05) is 13.0 Å². The summed E-state index contributed by atoms with van der Waals surface area (Å²) in [6.07, 6.45) is 2.45. The zero-order chi connectivity index (χ0) is 16.8. The van der Waals surface area contributed by atoms with E-state index >= 15 is 0 Å². The fraction of sp³-hybridized carbons (Fsp3) is 0.438. The Labute approximate surface area is 144 Å². The Bertz CT molecular complexity index is 685. The molecule has 3 rings (SSSR count). The minimum atomic E-state index is -0.156. The molecule has 0 spiro atoms. The van der Waals surface area contributed by atoms with E-state index in [1.54, 1.807) is 18.3 Å². The summed E-state index contributed by atoms with van der Waals surface area (Å²) in [5.74, 6) is 1.20. The second kappa shape index (κ2) is 8.27. The second-order valence-corrected chi connectivity index (χ2v) is 6.35. The normalized spacial score (nSPS) is 17.6. The molecule has 0 aromatic carbocycles. The smallest absolute Gasteiger partial charge is 0.254 e. The van der Waals surface area contributed by atoms with Crippen molar-refractivity contribution < 1.29 is 18.8 Å². The molecular weight excluding hydrogens is 330 g/mol. The quantitative estimate of drug-likeness (QED) is 0.800. The molecule has 1 saturated heterocycles. The highest BCUT2D eigenvalue weighted by atomic mass is 32.2. The number of hydrogen-bond acceptors (Lipinski definition) is 7. The van der Waals surface area contributed by atoms with Crippen molar-refractivity contribution in [2.24, 2.45) is 0 Å². The Kier molecular flexibility index (Phi) is 5.84. The molecule has 24 heavy (non-hydrogen) atoms. The lowest BCUT2D eigenvalue weighted by molar-refractivity contribution is -0.136. The molecule has 2 aromatic rings. The van der Waals surface area contributed by atoms with Gasteiger partial charge in [0.15, 0.2) is 0 Å². The van der Waals surface area contributed by atoms with Crippen LogP contribution in [0.15, 0.2) is 33.9 Å². The first kappa shape index (κ1) is 16.9. The summed E-state index contributed by atoms with van der Waals surface area (Å²) in [7, 11) is 0. The monoisotopic (exact) mass is 349 g/mol. The first-order chi connectivity index (χ1) is 11.7. The van der Waals surface area contributed by atoms with Crippen LogP contribution < -0.4 is 5.32 Å². The minimum Gasteiger partial charge on any atom is -0.361 e. The zero-order valence-corrected chi connectivity index (χ0v) is 14.2. The van der Waals surface area contributed by atoms with Gasteiger partial charge in [0.1, 0.15) is 17.6 Å². The first-order valence-corrected chi connectivity index (χ1v) is 8.68. The third-order valence-electron chi connectivity index (χ3n) is 3.51. The average molecular weight is 349 g/mol. The van der Waals surface area contributed by atoms with Gasteiger partial charge in [0.2, 0.25) is 0 Å². The maximum Gasteiger partial charge on any atom is 0.254 e. The molecule has 2 aromatic heterocycles. The highest BCUT2D eigenvalue weighted by Gasteiger charge is 2.18. The number of thioether (sulfide) groups is 1. The Morgan fingerprint density at radius 2 is 2.42 bits per heavy atom. The van der Waals surface area contributed by atoms with Crippen LogP contribution in [0.4, 0.5) is 0 Å². The lowest BCUT2D eigenvalue weighted by Crippen LogP contribution is -2.37. The molecule has 3 heterocycles. The predicted molar refractivity (Wildman–Crippen MR) is 87.7 cm³/mol. The number of carbonyl (C=O) groups excluding carboxylic acids is 1. The number of amides is 1. The van der Waals surface area contributed by atoms with Crippen molar-refractivity contribution in [3.8, 4) is 0 Å². The Morgan fingerprint density at radius 3 is 3.17 bits per heavy atom. The third-order valence-corrected chi connectivity index (χ3v) is 4.55. The van der Waals surface area contributed by atoms with E-state index in [0.717, 1.165) is 17.9 Å².